The summed E-state index contributed by atoms with van der Waals surface area (Å²) in [6.45, 7) is 10.3. The first-order chi connectivity index (χ1) is 11.8. The summed E-state index contributed by atoms with van der Waals surface area (Å²) in [5.74, 6) is 3.57. The number of aliphatic hydroxyl groups is 1. The summed E-state index contributed by atoms with van der Waals surface area (Å²) in [6, 6.07) is 0.458. The van der Waals surface area contributed by atoms with Crippen LogP contribution in [0.1, 0.15) is 91.9 Å². The van der Waals surface area contributed by atoms with Crippen molar-refractivity contribution >= 4 is 0 Å². The van der Waals surface area contributed by atoms with E-state index in [-0.39, 0.29) is 5.41 Å². The van der Waals surface area contributed by atoms with Crippen LogP contribution in [0.3, 0.4) is 0 Å². The van der Waals surface area contributed by atoms with E-state index in [1.807, 2.05) is 0 Å². The first-order valence-electron chi connectivity index (χ1n) is 11.3. The van der Waals surface area contributed by atoms with Gasteiger partial charge in [0.1, 0.15) is 0 Å². The molecule has 0 radical (unpaired) electrons. The normalized spacial score (nSPS) is 52.6. The smallest absolute Gasteiger partial charge is 0.0827 e. The Balaban J connectivity index is 1.57. The zero-order valence-corrected chi connectivity index (χ0v) is 17.1. The maximum atomic E-state index is 11.6. The molecule has 0 aromatic heterocycles. The summed E-state index contributed by atoms with van der Waals surface area (Å²) >= 11 is 0. The van der Waals surface area contributed by atoms with E-state index < -0.39 is 5.60 Å². The average Bonchev–Trinajstić information content (AvgIpc) is 2.84. The predicted molar refractivity (Wildman–Crippen MR) is 104 cm³/mol. The van der Waals surface area contributed by atoms with Crippen molar-refractivity contribution in [1.82, 2.24) is 5.32 Å². The third kappa shape index (κ3) is 2.64. The van der Waals surface area contributed by atoms with Crippen LogP contribution in [-0.2, 0) is 0 Å². The Morgan fingerprint density at radius 3 is 2.44 bits per heavy atom. The molecule has 0 bridgehead atoms. The SMILES string of the molecule is CC(C)NCC1(O)CCC2C3CCC4CCCC[C@]4(C)C3CC[C@@]21C. The van der Waals surface area contributed by atoms with E-state index in [1.165, 1.54) is 57.8 Å². The van der Waals surface area contributed by atoms with Gasteiger partial charge in [0.2, 0.25) is 0 Å². The Labute approximate surface area is 155 Å². The van der Waals surface area contributed by atoms with Crippen LogP contribution in [-0.4, -0.2) is 23.3 Å². The molecule has 0 aromatic carbocycles. The molecule has 7 atom stereocenters. The molecule has 4 aliphatic carbocycles. The van der Waals surface area contributed by atoms with Gasteiger partial charge in [-0.2, -0.15) is 0 Å². The third-order valence-electron chi connectivity index (χ3n) is 9.71. The zero-order chi connectivity index (χ0) is 17.9. The lowest BCUT2D eigenvalue weighted by Gasteiger charge is -2.61. The molecule has 25 heavy (non-hydrogen) atoms. The molecule has 0 aromatic rings. The molecule has 4 fully saturated rings. The van der Waals surface area contributed by atoms with Crippen LogP contribution < -0.4 is 5.32 Å². The summed E-state index contributed by atoms with van der Waals surface area (Å²) in [6.07, 6.45) is 13.7. The number of hydrogen-bond donors (Lipinski definition) is 2. The third-order valence-corrected chi connectivity index (χ3v) is 9.71. The molecule has 4 aliphatic rings. The maximum Gasteiger partial charge on any atom is 0.0827 e. The summed E-state index contributed by atoms with van der Waals surface area (Å²) in [5, 5.41) is 15.2. The lowest BCUT2D eigenvalue weighted by molar-refractivity contribution is -0.150. The fourth-order valence-corrected chi connectivity index (χ4v) is 8.07. The van der Waals surface area contributed by atoms with Crippen LogP contribution in [0.15, 0.2) is 0 Å². The highest BCUT2D eigenvalue weighted by atomic mass is 16.3. The van der Waals surface area contributed by atoms with Crippen molar-refractivity contribution in [2.75, 3.05) is 6.54 Å². The minimum atomic E-state index is -0.489. The fourth-order valence-electron chi connectivity index (χ4n) is 8.07. The van der Waals surface area contributed by atoms with Gasteiger partial charge in [-0.3, -0.25) is 0 Å². The van der Waals surface area contributed by atoms with Crippen LogP contribution in [0, 0.1) is 34.5 Å². The summed E-state index contributed by atoms with van der Waals surface area (Å²) < 4.78 is 0. The van der Waals surface area contributed by atoms with Crippen LogP contribution >= 0.6 is 0 Å². The monoisotopic (exact) mass is 347 g/mol. The number of nitrogens with one attached hydrogen (secondary N) is 1. The van der Waals surface area contributed by atoms with Gasteiger partial charge < -0.3 is 10.4 Å². The van der Waals surface area contributed by atoms with Crippen molar-refractivity contribution in [2.24, 2.45) is 34.5 Å². The fraction of sp³-hybridized carbons (Fsp3) is 1.00. The molecule has 2 N–H and O–H groups in total. The van der Waals surface area contributed by atoms with Crippen molar-refractivity contribution in [3.05, 3.63) is 0 Å². The number of hydrogen-bond acceptors (Lipinski definition) is 2. The topological polar surface area (TPSA) is 32.3 Å². The highest BCUT2D eigenvalue weighted by Crippen LogP contribution is 2.68. The highest BCUT2D eigenvalue weighted by molar-refractivity contribution is 5.14. The number of fused-ring (bicyclic) bond motifs is 5. The molecule has 2 heteroatoms. The molecule has 0 aliphatic heterocycles. The van der Waals surface area contributed by atoms with E-state index >= 15 is 0 Å². The molecule has 0 saturated heterocycles. The second kappa shape index (κ2) is 6.23. The molecular weight excluding hydrogens is 306 g/mol. The molecule has 0 heterocycles. The van der Waals surface area contributed by atoms with Crippen LogP contribution in [0.25, 0.3) is 0 Å². The Kier molecular flexibility index (Phi) is 4.56. The van der Waals surface area contributed by atoms with Gasteiger partial charge in [0.25, 0.3) is 0 Å². The second-order valence-corrected chi connectivity index (χ2v) is 11.0. The predicted octanol–water partition coefficient (Wildman–Crippen LogP) is 5.15. The lowest BCUT2D eigenvalue weighted by atomic mass is 9.44. The van der Waals surface area contributed by atoms with Gasteiger partial charge in [-0.15, -0.1) is 0 Å². The van der Waals surface area contributed by atoms with Crippen molar-refractivity contribution in [2.45, 2.75) is 104 Å². The zero-order valence-electron chi connectivity index (χ0n) is 17.1. The first-order valence-corrected chi connectivity index (χ1v) is 11.3. The van der Waals surface area contributed by atoms with Gasteiger partial charge in [-0.25, -0.2) is 0 Å². The van der Waals surface area contributed by atoms with Gasteiger partial charge in [0.05, 0.1) is 5.60 Å². The standard InChI is InChI=1S/C23H41NO/c1-16(2)24-15-23(25)14-11-20-18-9-8-17-7-5-6-12-21(17,3)19(18)10-13-22(20,23)4/h16-20,24-25H,5-15H2,1-4H3/t17?,18?,19?,20?,21-,22-,23?/m0/s1. The second-order valence-electron chi connectivity index (χ2n) is 11.0. The Hall–Kier alpha value is -0.0800. The largest absolute Gasteiger partial charge is 0.388 e. The van der Waals surface area contributed by atoms with Gasteiger partial charge in [-0.1, -0.05) is 40.5 Å². The Morgan fingerprint density at radius 2 is 1.68 bits per heavy atom. The minimum Gasteiger partial charge on any atom is -0.388 e. The minimum absolute atomic E-state index is 0.133. The quantitative estimate of drug-likeness (QED) is 0.740. The molecule has 144 valence electrons. The lowest BCUT2D eigenvalue weighted by Crippen LogP contribution is -2.58. The van der Waals surface area contributed by atoms with Gasteiger partial charge in [0.15, 0.2) is 0 Å². The van der Waals surface area contributed by atoms with Crippen molar-refractivity contribution in [3.8, 4) is 0 Å². The summed E-state index contributed by atoms with van der Waals surface area (Å²) in [5.41, 5.74) is 0.254. The maximum absolute atomic E-state index is 11.6. The molecular formula is C23H41NO. The molecule has 4 rings (SSSR count). The molecule has 0 spiro atoms. The van der Waals surface area contributed by atoms with Crippen molar-refractivity contribution < 1.29 is 5.11 Å². The first kappa shape index (κ1) is 18.3. The average molecular weight is 348 g/mol. The van der Waals surface area contributed by atoms with E-state index in [4.69, 9.17) is 0 Å². The Morgan fingerprint density at radius 1 is 0.920 bits per heavy atom. The van der Waals surface area contributed by atoms with Gasteiger partial charge in [-0.05, 0) is 80.5 Å². The van der Waals surface area contributed by atoms with E-state index in [0.29, 0.717) is 11.5 Å². The molecule has 2 nitrogen and oxygen atoms in total. The molecule has 4 saturated carbocycles. The van der Waals surface area contributed by atoms with Gasteiger partial charge in [0, 0.05) is 18.0 Å². The summed E-state index contributed by atoms with van der Waals surface area (Å²) in [7, 11) is 0. The van der Waals surface area contributed by atoms with Crippen molar-refractivity contribution in [1.29, 1.82) is 0 Å². The summed E-state index contributed by atoms with van der Waals surface area (Å²) in [4.78, 5) is 0. The molecule has 5 unspecified atom stereocenters. The van der Waals surface area contributed by atoms with E-state index in [2.05, 4.69) is 33.0 Å². The van der Waals surface area contributed by atoms with Crippen LogP contribution in [0.2, 0.25) is 0 Å². The van der Waals surface area contributed by atoms with Crippen LogP contribution in [0.4, 0.5) is 0 Å². The van der Waals surface area contributed by atoms with Crippen molar-refractivity contribution in [3.63, 3.8) is 0 Å². The highest BCUT2D eigenvalue weighted by Gasteiger charge is 2.64. The van der Waals surface area contributed by atoms with Gasteiger partial charge >= 0.3 is 0 Å². The van der Waals surface area contributed by atoms with Crippen LogP contribution in [0.5, 0.6) is 0 Å². The number of rotatable bonds is 3. The Bertz CT molecular complexity index is 504. The van der Waals surface area contributed by atoms with E-state index in [9.17, 15) is 5.11 Å². The molecule has 0 amide bonds. The van der Waals surface area contributed by atoms with E-state index in [1.54, 1.807) is 0 Å². The van der Waals surface area contributed by atoms with E-state index in [0.717, 1.165) is 36.6 Å².